The lowest BCUT2D eigenvalue weighted by Gasteiger charge is -2.09. The van der Waals surface area contributed by atoms with E-state index in [2.05, 4.69) is 5.92 Å². The lowest BCUT2D eigenvalue weighted by Crippen LogP contribution is -2.29. The molecule has 0 saturated carbocycles. The molecule has 6 nitrogen and oxygen atoms in total. The number of aromatic nitrogens is 2. The molecule has 0 aliphatic carbocycles. The molecule has 3 rings (SSSR count). The van der Waals surface area contributed by atoms with Crippen molar-refractivity contribution in [1.29, 1.82) is 0 Å². The molecule has 0 bridgehead atoms. The van der Waals surface area contributed by atoms with Gasteiger partial charge in [-0.05, 0) is 22.8 Å². The first-order chi connectivity index (χ1) is 14.5. The Labute approximate surface area is 174 Å². The predicted octanol–water partition coefficient (Wildman–Crippen LogP) is 3.68. The highest BCUT2D eigenvalue weighted by atomic mass is 16.4. The van der Waals surface area contributed by atoms with Crippen molar-refractivity contribution in [3.05, 3.63) is 82.0 Å². The fourth-order valence-electron chi connectivity index (χ4n) is 3.34. The van der Waals surface area contributed by atoms with Gasteiger partial charge in [0.25, 0.3) is 0 Å². The monoisotopic (exact) mass is 402 g/mol. The van der Waals surface area contributed by atoms with Gasteiger partial charge in [-0.1, -0.05) is 49.4 Å². The first-order valence-electron chi connectivity index (χ1n) is 9.65. The van der Waals surface area contributed by atoms with E-state index >= 15 is 0 Å². The van der Waals surface area contributed by atoms with E-state index in [1.807, 2.05) is 24.3 Å². The Morgan fingerprint density at radius 1 is 1.10 bits per heavy atom. The highest BCUT2D eigenvalue weighted by Gasteiger charge is 2.16. The number of carboxylic acid groups (broad SMARTS) is 1. The first-order valence-corrected chi connectivity index (χ1v) is 9.65. The topological polar surface area (TPSA) is 81.3 Å². The molecule has 2 aromatic carbocycles. The second kappa shape index (κ2) is 9.10. The summed E-state index contributed by atoms with van der Waals surface area (Å²) >= 11 is 0. The maximum atomic E-state index is 12.8. The van der Waals surface area contributed by atoms with Crippen molar-refractivity contribution in [3.8, 4) is 23.5 Å². The summed E-state index contributed by atoms with van der Waals surface area (Å²) in [6.07, 6.45) is 8.13. The number of nitrogens with zero attached hydrogens (tertiary/aromatic N) is 2. The fraction of sp³-hybridized carbons (Fsp3) is 0.208. The highest BCUT2D eigenvalue weighted by molar-refractivity contribution is 5.96. The molecule has 0 atom stereocenters. The lowest BCUT2D eigenvalue weighted by atomic mass is 9.99. The molecule has 6 heteroatoms. The van der Waals surface area contributed by atoms with Crippen LogP contribution >= 0.6 is 0 Å². The van der Waals surface area contributed by atoms with Gasteiger partial charge in [0.05, 0.1) is 12.1 Å². The third-order valence-corrected chi connectivity index (χ3v) is 4.92. The first kappa shape index (κ1) is 20.9. The average molecular weight is 402 g/mol. The van der Waals surface area contributed by atoms with Gasteiger partial charge in [-0.15, -0.1) is 12.3 Å². The largest absolute Gasteiger partial charge is 0.478 e. The van der Waals surface area contributed by atoms with Crippen LogP contribution in [0.4, 0.5) is 0 Å². The molecule has 152 valence electrons. The summed E-state index contributed by atoms with van der Waals surface area (Å²) in [7, 11) is 0. The quantitative estimate of drug-likeness (QED) is 0.611. The lowest BCUT2D eigenvalue weighted by molar-refractivity contribution is 0.0697. The molecule has 0 amide bonds. The van der Waals surface area contributed by atoms with Crippen molar-refractivity contribution >= 4 is 11.9 Å². The van der Waals surface area contributed by atoms with Crippen molar-refractivity contribution in [2.45, 2.75) is 32.7 Å². The van der Waals surface area contributed by atoms with Crippen LogP contribution in [0.1, 0.15) is 46.2 Å². The van der Waals surface area contributed by atoms with Gasteiger partial charge in [0.2, 0.25) is 5.91 Å². The number of terminal acetylenes is 1. The number of carbonyl (C=O) groups is 2. The van der Waals surface area contributed by atoms with E-state index in [1.165, 1.54) is 0 Å². The number of carboxylic acids is 1. The molecule has 1 aromatic heterocycles. The second-order valence-corrected chi connectivity index (χ2v) is 6.86. The van der Waals surface area contributed by atoms with Crippen LogP contribution in [-0.4, -0.2) is 26.1 Å². The summed E-state index contributed by atoms with van der Waals surface area (Å²) in [6, 6.07) is 14.2. The molecule has 0 saturated heterocycles. The molecule has 0 spiro atoms. The fourth-order valence-corrected chi connectivity index (χ4v) is 3.34. The van der Waals surface area contributed by atoms with Crippen LogP contribution in [0.2, 0.25) is 0 Å². The Hall–Kier alpha value is -3.85. The molecular weight excluding hydrogens is 380 g/mol. The van der Waals surface area contributed by atoms with Gasteiger partial charge < -0.3 is 5.11 Å². The van der Waals surface area contributed by atoms with Crippen molar-refractivity contribution in [2.24, 2.45) is 0 Å². The number of carbonyl (C=O) groups excluding carboxylic acids is 1. The molecule has 30 heavy (non-hydrogen) atoms. The highest BCUT2D eigenvalue weighted by Crippen LogP contribution is 2.24. The van der Waals surface area contributed by atoms with Gasteiger partial charge in [-0.25, -0.2) is 14.2 Å². The maximum Gasteiger partial charge on any atom is 0.336 e. The minimum absolute atomic E-state index is 0.230. The molecule has 0 fully saturated rings. The summed E-state index contributed by atoms with van der Waals surface area (Å²) < 4.78 is 2.70. The average Bonchev–Trinajstić information content (AvgIpc) is 3.07. The third kappa shape index (κ3) is 4.26. The van der Waals surface area contributed by atoms with E-state index in [1.54, 1.807) is 42.0 Å². The predicted molar refractivity (Wildman–Crippen MR) is 115 cm³/mol. The summed E-state index contributed by atoms with van der Waals surface area (Å²) in [5, 5.41) is 9.39. The van der Waals surface area contributed by atoms with Crippen LogP contribution in [-0.2, 0) is 13.0 Å². The summed E-state index contributed by atoms with van der Waals surface area (Å²) in [6.45, 7) is 2.00. The van der Waals surface area contributed by atoms with Gasteiger partial charge >= 0.3 is 11.7 Å². The van der Waals surface area contributed by atoms with E-state index in [4.69, 9.17) is 6.42 Å². The Kier molecular flexibility index (Phi) is 6.33. The van der Waals surface area contributed by atoms with E-state index in [0.29, 0.717) is 30.6 Å². The third-order valence-electron chi connectivity index (χ3n) is 4.92. The standard InChI is InChI=1S/C24H22N2O4/c1-3-5-8-19-16-26(22(27)4-2)24(30)25(19)15-17-11-13-18(14-12-17)20-9-6-7-10-21(20)23(28)29/h1,6-7,9-14,16H,4-5,8,15H2,2H3,(H,28,29). The molecular formula is C24H22N2O4. The molecule has 0 aliphatic heterocycles. The van der Waals surface area contributed by atoms with Gasteiger partial charge in [0.1, 0.15) is 0 Å². The molecule has 1 N–H and O–H groups in total. The molecule has 0 unspecified atom stereocenters. The van der Waals surface area contributed by atoms with Crippen molar-refractivity contribution in [3.63, 3.8) is 0 Å². The summed E-state index contributed by atoms with van der Waals surface area (Å²) in [5.74, 6) is 1.31. The number of hydrogen-bond acceptors (Lipinski definition) is 3. The van der Waals surface area contributed by atoms with Crippen LogP contribution < -0.4 is 5.69 Å². The van der Waals surface area contributed by atoms with E-state index in [-0.39, 0.29) is 23.6 Å². The van der Waals surface area contributed by atoms with Crippen LogP contribution in [0, 0.1) is 12.3 Å². The van der Waals surface area contributed by atoms with Crippen molar-refractivity contribution < 1.29 is 14.7 Å². The number of benzene rings is 2. The zero-order valence-corrected chi connectivity index (χ0v) is 16.7. The number of imidazole rings is 1. The van der Waals surface area contributed by atoms with Gasteiger partial charge in [0, 0.05) is 31.2 Å². The van der Waals surface area contributed by atoms with Crippen LogP contribution in [0.25, 0.3) is 11.1 Å². The normalized spacial score (nSPS) is 10.5. The summed E-state index contributed by atoms with van der Waals surface area (Å²) in [4.78, 5) is 36.3. The van der Waals surface area contributed by atoms with Gasteiger partial charge in [-0.2, -0.15) is 0 Å². The second-order valence-electron chi connectivity index (χ2n) is 6.86. The maximum absolute atomic E-state index is 12.8. The van der Waals surface area contributed by atoms with E-state index in [0.717, 1.165) is 15.7 Å². The zero-order valence-electron chi connectivity index (χ0n) is 16.7. The van der Waals surface area contributed by atoms with E-state index < -0.39 is 5.97 Å². The van der Waals surface area contributed by atoms with Crippen molar-refractivity contribution in [1.82, 2.24) is 9.13 Å². The van der Waals surface area contributed by atoms with Crippen LogP contribution in [0.5, 0.6) is 0 Å². The minimum Gasteiger partial charge on any atom is -0.478 e. The van der Waals surface area contributed by atoms with Gasteiger partial charge in [-0.3, -0.25) is 9.36 Å². The molecule has 0 radical (unpaired) electrons. The number of aryl methyl sites for hydroxylation is 1. The Balaban J connectivity index is 1.93. The minimum atomic E-state index is -0.985. The number of hydrogen-bond donors (Lipinski definition) is 1. The summed E-state index contributed by atoms with van der Waals surface area (Å²) in [5.41, 5.74) is 2.82. The Bertz CT molecular complexity index is 1180. The Morgan fingerprint density at radius 3 is 2.43 bits per heavy atom. The van der Waals surface area contributed by atoms with E-state index in [9.17, 15) is 19.5 Å². The van der Waals surface area contributed by atoms with Crippen LogP contribution in [0.15, 0.2) is 59.5 Å². The smallest absolute Gasteiger partial charge is 0.336 e. The number of aromatic carboxylic acids is 1. The van der Waals surface area contributed by atoms with Crippen LogP contribution in [0.3, 0.4) is 0 Å². The molecule has 1 heterocycles. The Morgan fingerprint density at radius 2 is 1.80 bits per heavy atom. The number of rotatable bonds is 7. The molecule has 0 aliphatic rings. The zero-order chi connectivity index (χ0) is 21.7. The van der Waals surface area contributed by atoms with Gasteiger partial charge in [0.15, 0.2) is 0 Å². The van der Waals surface area contributed by atoms with Crippen molar-refractivity contribution in [2.75, 3.05) is 0 Å². The molecule has 3 aromatic rings. The SMILES string of the molecule is C#CCCc1cn(C(=O)CC)c(=O)n1Cc1ccc(-c2ccccc2C(=O)O)cc1.